The minimum Gasteiger partial charge on any atom is -0.392 e. The third kappa shape index (κ3) is 4.12. The highest BCUT2D eigenvalue weighted by Gasteiger charge is 2.22. The molecule has 1 unspecified atom stereocenters. The number of carbonyl (C=O) groups is 1. The van der Waals surface area contributed by atoms with Gasteiger partial charge in [0, 0.05) is 24.6 Å². The van der Waals surface area contributed by atoms with Crippen molar-refractivity contribution in [2.45, 2.75) is 44.9 Å². The number of rotatable bonds is 5. The summed E-state index contributed by atoms with van der Waals surface area (Å²) in [5, 5.41) is 21.0. The number of nitrogens with one attached hydrogen (secondary N) is 1. The molecule has 0 radical (unpaired) electrons. The van der Waals surface area contributed by atoms with Crippen LogP contribution in [0.15, 0.2) is 54.6 Å². The maximum absolute atomic E-state index is 12.5. The van der Waals surface area contributed by atoms with Crippen molar-refractivity contribution >= 4 is 5.91 Å². The van der Waals surface area contributed by atoms with Crippen molar-refractivity contribution in [2.24, 2.45) is 0 Å². The summed E-state index contributed by atoms with van der Waals surface area (Å²) in [6.45, 7) is 0.811. The highest BCUT2D eigenvalue weighted by Crippen LogP contribution is 2.22. The van der Waals surface area contributed by atoms with Gasteiger partial charge in [0.1, 0.15) is 5.82 Å². The fraction of sp³-hybridized carbons (Fsp3) is 0.318. The summed E-state index contributed by atoms with van der Waals surface area (Å²) in [4.78, 5) is 12.5. The van der Waals surface area contributed by atoms with Gasteiger partial charge in [-0.25, -0.2) is 0 Å². The molecule has 0 saturated carbocycles. The normalized spacial score (nSPS) is 16.2. The largest absolute Gasteiger partial charge is 0.392 e. The van der Waals surface area contributed by atoms with Crippen LogP contribution in [-0.4, -0.2) is 31.8 Å². The van der Waals surface area contributed by atoms with E-state index < -0.39 is 0 Å². The maximum Gasteiger partial charge on any atom is 0.224 e. The minimum absolute atomic E-state index is 0.0171. The van der Waals surface area contributed by atoms with Crippen LogP contribution in [0.1, 0.15) is 29.8 Å². The molecular weight excluding hydrogens is 352 g/mol. The van der Waals surface area contributed by atoms with E-state index in [4.69, 9.17) is 5.11 Å². The first-order chi connectivity index (χ1) is 13.7. The molecule has 0 fully saturated rings. The zero-order valence-electron chi connectivity index (χ0n) is 15.7. The van der Waals surface area contributed by atoms with Gasteiger partial charge in [-0.2, -0.15) is 0 Å². The number of aliphatic hydroxyl groups excluding tert-OH is 1. The molecule has 1 atom stereocenters. The van der Waals surface area contributed by atoms with E-state index in [0.717, 1.165) is 54.1 Å². The molecule has 1 aromatic heterocycles. The Morgan fingerprint density at radius 1 is 1.04 bits per heavy atom. The van der Waals surface area contributed by atoms with Gasteiger partial charge in [-0.3, -0.25) is 4.79 Å². The molecule has 6 heteroatoms. The lowest BCUT2D eigenvalue weighted by Gasteiger charge is -2.16. The maximum atomic E-state index is 12.5. The molecule has 28 heavy (non-hydrogen) atoms. The third-order valence-corrected chi connectivity index (χ3v) is 5.21. The molecule has 4 rings (SSSR count). The molecule has 0 saturated heterocycles. The van der Waals surface area contributed by atoms with Gasteiger partial charge in [0.25, 0.3) is 0 Å². The fourth-order valence-electron chi connectivity index (χ4n) is 3.66. The third-order valence-electron chi connectivity index (χ3n) is 5.21. The summed E-state index contributed by atoms with van der Waals surface area (Å²) >= 11 is 0. The first-order valence-electron chi connectivity index (χ1n) is 9.68. The van der Waals surface area contributed by atoms with Gasteiger partial charge in [0.15, 0.2) is 5.82 Å². The summed E-state index contributed by atoms with van der Waals surface area (Å²) in [6.07, 6.45) is 2.88. The quantitative estimate of drug-likeness (QED) is 0.717. The standard InChI is InChI=1S/C22H24N4O2/c27-15-17-8-6-16(7-9-17)14-21(28)23-19-10-11-20-24-25-22(26(20)13-12-19)18-4-2-1-3-5-18/h1-9,19,27H,10-15H2,(H,23,28). The molecule has 1 aliphatic heterocycles. The number of aryl methyl sites for hydroxylation is 1. The molecule has 3 aromatic rings. The summed E-state index contributed by atoms with van der Waals surface area (Å²) < 4.78 is 2.18. The first kappa shape index (κ1) is 18.4. The van der Waals surface area contributed by atoms with E-state index in [2.05, 4.69) is 20.1 Å². The van der Waals surface area contributed by atoms with Crippen LogP contribution in [0.4, 0.5) is 0 Å². The van der Waals surface area contributed by atoms with Crippen LogP contribution in [0.5, 0.6) is 0 Å². The van der Waals surface area contributed by atoms with Gasteiger partial charge < -0.3 is 15.0 Å². The fourth-order valence-corrected chi connectivity index (χ4v) is 3.66. The van der Waals surface area contributed by atoms with E-state index in [-0.39, 0.29) is 18.6 Å². The molecule has 2 N–H and O–H groups in total. The molecule has 2 heterocycles. The van der Waals surface area contributed by atoms with Gasteiger partial charge in [-0.15, -0.1) is 10.2 Å². The second kappa shape index (κ2) is 8.35. The number of amides is 1. The van der Waals surface area contributed by atoms with E-state index in [9.17, 15) is 4.79 Å². The Hall–Kier alpha value is -2.99. The van der Waals surface area contributed by atoms with Crippen molar-refractivity contribution in [1.82, 2.24) is 20.1 Å². The molecule has 0 spiro atoms. The van der Waals surface area contributed by atoms with E-state index in [0.29, 0.717) is 6.42 Å². The molecule has 1 amide bonds. The molecule has 0 bridgehead atoms. The smallest absolute Gasteiger partial charge is 0.224 e. The number of fused-ring (bicyclic) bond motifs is 1. The highest BCUT2D eigenvalue weighted by molar-refractivity contribution is 5.78. The number of aliphatic hydroxyl groups is 1. The van der Waals surface area contributed by atoms with Crippen LogP contribution >= 0.6 is 0 Å². The van der Waals surface area contributed by atoms with Crippen molar-refractivity contribution in [1.29, 1.82) is 0 Å². The number of nitrogens with zero attached hydrogens (tertiary/aromatic N) is 3. The number of carbonyl (C=O) groups excluding carboxylic acids is 1. The molecule has 6 nitrogen and oxygen atoms in total. The average Bonchev–Trinajstić information content (AvgIpc) is 3.04. The van der Waals surface area contributed by atoms with Gasteiger partial charge in [-0.05, 0) is 24.0 Å². The highest BCUT2D eigenvalue weighted by atomic mass is 16.3. The van der Waals surface area contributed by atoms with Crippen LogP contribution in [0, 0.1) is 0 Å². The van der Waals surface area contributed by atoms with Crippen molar-refractivity contribution in [3.05, 3.63) is 71.5 Å². The molecule has 2 aromatic carbocycles. The summed E-state index contributed by atoms with van der Waals surface area (Å²) in [5.41, 5.74) is 2.87. The lowest BCUT2D eigenvalue weighted by Crippen LogP contribution is -2.36. The Balaban J connectivity index is 1.37. The SMILES string of the molecule is O=C(Cc1ccc(CO)cc1)NC1CCc2nnc(-c3ccccc3)n2CC1. The average molecular weight is 376 g/mol. The monoisotopic (exact) mass is 376 g/mol. The van der Waals surface area contributed by atoms with Crippen LogP contribution < -0.4 is 5.32 Å². The zero-order chi connectivity index (χ0) is 19.3. The Labute approximate surface area is 164 Å². The lowest BCUT2D eigenvalue weighted by atomic mass is 10.1. The Morgan fingerprint density at radius 3 is 2.54 bits per heavy atom. The topological polar surface area (TPSA) is 80.0 Å². The molecule has 1 aliphatic rings. The van der Waals surface area contributed by atoms with Gasteiger partial charge in [0.2, 0.25) is 5.91 Å². The number of hydrogen-bond donors (Lipinski definition) is 2. The van der Waals surface area contributed by atoms with E-state index in [1.54, 1.807) is 0 Å². The van der Waals surface area contributed by atoms with Crippen LogP contribution in [0.2, 0.25) is 0 Å². The molecule has 144 valence electrons. The Bertz CT molecular complexity index is 935. The predicted octanol–water partition coefficient (Wildman–Crippen LogP) is 2.50. The zero-order valence-corrected chi connectivity index (χ0v) is 15.7. The van der Waals surface area contributed by atoms with Crippen molar-refractivity contribution in [3.8, 4) is 11.4 Å². The summed E-state index contributed by atoms with van der Waals surface area (Å²) in [6, 6.07) is 17.7. The van der Waals surface area contributed by atoms with Crippen molar-refractivity contribution in [3.63, 3.8) is 0 Å². The molecular formula is C22H24N4O2. The first-order valence-corrected chi connectivity index (χ1v) is 9.68. The summed E-state index contributed by atoms with van der Waals surface area (Å²) in [7, 11) is 0. The number of benzene rings is 2. The van der Waals surface area contributed by atoms with Crippen molar-refractivity contribution < 1.29 is 9.90 Å². The van der Waals surface area contributed by atoms with E-state index in [1.165, 1.54) is 0 Å². The summed E-state index contributed by atoms with van der Waals surface area (Å²) in [5.74, 6) is 1.91. The van der Waals surface area contributed by atoms with Gasteiger partial charge in [0.05, 0.1) is 13.0 Å². The second-order valence-corrected chi connectivity index (χ2v) is 7.20. The van der Waals surface area contributed by atoms with Gasteiger partial charge >= 0.3 is 0 Å². The minimum atomic E-state index is 0.0171. The second-order valence-electron chi connectivity index (χ2n) is 7.20. The Kier molecular flexibility index (Phi) is 5.48. The van der Waals surface area contributed by atoms with Crippen LogP contribution in [0.25, 0.3) is 11.4 Å². The van der Waals surface area contributed by atoms with E-state index in [1.807, 2.05) is 54.6 Å². The number of hydrogen-bond acceptors (Lipinski definition) is 4. The van der Waals surface area contributed by atoms with Crippen LogP contribution in [0.3, 0.4) is 0 Å². The van der Waals surface area contributed by atoms with Crippen LogP contribution in [-0.2, 0) is 30.8 Å². The Morgan fingerprint density at radius 2 is 1.79 bits per heavy atom. The van der Waals surface area contributed by atoms with E-state index >= 15 is 0 Å². The number of aromatic nitrogens is 3. The predicted molar refractivity (Wildman–Crippen MR) is 106 cm³/mol. The lowest BCUT2D eigenvalue weighted by molar-refractivity contribution is -0.121. The van der Waals surface area contributed by atoms with Crippen molar-refractivity contribution in [2.75, 3.05) is 0 Å². The van der Waals surface area contributed by atoms with Gasteiger partial charge in [-0.1, -0.05) is 54.6 Å². The molecule has 0 aliphatic carbocycles.